The monoisotopic (exact) mass is 521 g/mol. The van der Waals surface area contributed by atoms with E-state index in [1.165, 1.54) is 64.2 Å². The number of aromatic nitrogens is 1. The van der Waals surface area contributed by atoms with Crippen LogP contribution in [0.5, 0.6) is 11.5 Å². The van der Waals surface area contributed by atoms with Crippen molar-refractivity contribution in [2.24, 2.45) is 0 Å². The van der Waals surface area contributed by atoms with Crippen LogP contribution in [0.1, 0.15) is 102 Å². The molecule has 37 heavy (non-hydrogen) atoms. The van der Waals surface area contributed by atoms with Gasteiger partial charge in [-0.2, -0.15) is 0 Å². The largest absolute Gasteiger partial charge is 0.493 e. The molecule has 3 aromatic rings. The number of benzene rings is 2. The van der Waals surface area contributed by atoms with Gasteiger partial charge < -0.3 is 9.47 Å². The average molecular weight is 522 g/mol. The number of pyridine rings is 1. The summed E-state index contributed by atoms with van der Waals surface area (Å²) >= 11 is 6.11. The number of ether oxygens (including phenoxy) is 2. The first-order chi connectivity index (χ1) is 18.2. The van der Waals surface area contributed by atoms with E-state index in [1.807, 2.05) is 42.5 Å². The fourth-order valence-corrected chi connectivity index (χ4v) is 4.56. The van der Waals surface area contributed by atoms with Crippen LogP contribution in [-0.4, -0.2) is 18.2 Å². The molecule has 0 aliphatic carbocycles. The number of fused-ring (bicyclic) bond motifs is 1. The number of rotatable bonds is 18. The van der Waals surface area contributed by atoms with Crippen LogP contribution in [-0.2, 0) is 0 Å². The fourth-order valence-electron chi connectivity index (χ4n) is 4.38. The number of hydrogen-bond acceptors (Lipinski definition) is 3. The molecule has 2 aromatic carbocycles. The van der Waals surface area contributed by atoms with Crippen LogP contribution >= 0.6 is 11.6 Å². The van der Waals surface area contributed by atoms with Crippen LogP contribution in [0.4, 0.5) is 0 Å². The molecule has 0 saturated heterocycles. The molecule has 0 radical (unpaired) electrons. The third-order valence-corrected chi connectivity index (χ3v) is 6.85. The highest BCUT2D eigenvalue weighted by atomic mass is 35.5. The van der Waals surface area contributed by atoms with Crippen LogP contribution in [0.25, 0.3) is 23.1 Å². The average Bonchev–Trinajstić information content (AvgIpc) is 2.91. The lowest BCUT2D eigenvalue weighted by Gasteiger charge is -2.13. The molecular weight excluding hydrogens is 478 g/mol. The number of hydrogen-bond donors (Lipinski definition) is 0. The fraction of sp³-hybridized carbons (Fsp3) is 0.485. The summed E-state index contributed by atoms with van der Waals surface area (Å²) < 4.78 is 12.3. The Hall–Kier alpha value is -2.52. The molecule has 4 heteroatoms. The highest BCUT2D eigenvalue weighted by Crippen LogP contribution is 2.28. The standard InChI is InChI=1S/C33H44ClNO2/c1-3-5-7-9-11-13-23-36-31-21-17-27(33(26-31)37-24-14-12-10-8-6-4-2)15-19-30-20-16-28-25-29(34)18-22-32(28)35-30/h15-22,25-26H,3-14,23-24H2,1-2H3. The Morgan fingerprint density at radius 3 is 2.08 bits per heavy atom. The van der Waals surface area contributed by atoms with Crippen LogP contribution in [0.2, 0.25) is 5.02 Å². The minimum Gasteiger partial charge on any atom is -0.493 e. The third kappa shape index (κ3) is 10.8. The molecule has 0 aliphatic heterocycles. The molecule has 1 heterocycles. The molecule has 0 unspecified atom stereocenters. The summed E-state index contributed by atoms with van der Waals surface area (Å²) in [5.41, 5.74) is 2.88. The number of unbranched alkanes of at least 4 members (excludes halogenated alkanes) is 10. The summed E-state index contributed by atoms with van der Waals surface area (Å²) in [5.74, 6) is 1.75. The quantitative estimate of drug-likeness (QED) is 0.156. The second-order valence-electron chi connectivity index (χ2n) is 9.84. The molecule has 3 rings (SSSR count). The zero-order chi connectivity index (χ0) is 26.1. The van der Waals surface area contributed by atoms with Gasteiger partial charge in [0.05, 0.1) is 24.4 Å². The summed E-state index contributed by atoms with van der Waals surface area (Å²) in [7, 11) is 0. The van der Waals surface area contributed by atoms with Gasteiger partial charge in [0, 0.05) is 22.0 Å². The molecule has 0 amide bonds. The van der Waals surface area contributed by atoms with Crippen LogP contribution < -0.4 is 9.47 Å². The Morgan fingerprint density at radius 1 is 0.676 bits per heavy atom. The molecule has 0 spiro atoms. The lowest BCUT2D eigenvalue weighted by Crippen LogP contribution is -2.01. The first-order valence-corrected chi connectivity index (χ1v) is 14.7. The predicted molar refractivity (Wildman–Crippen MR) is 160 cm³/mol. The van der Waals surface area contributed by atoms with Crippen molar-refractivity contribution in [2.45, 2.75) is 90.9 Å². The van der Waals surface area contributed by atoms with Crippen molar-refractivity contribution < 1.29 is 9.47 Å². The lowest BCUT2D eigenvalue weighted by atomic mass is 10.1. The first-order valence-electron chi connectivity index (χ1n) is 14.3. The van der Waals surface area contributed by atoms with Crippen LogP contribution in [0.3, 0.4) is 0 Å². The van der Waals surface area contributed by atoms with Gasteiger partial charge in [0.15, 0.2) is 0 Å². The van der Waals surface area contributed by atoms with Gasteiger partial charge in [-0.3, -0.25) is 0 Å². The smallest absolute Gasteiger partial charge is 0.130 e. The van der Waals surface area contributed by atoms with Gasteiger partial charge in [-0.25, -0.2) is 4.98 Å². The van der Waals surface area contributed by atoms with E-state index in [0.717, 1.165) is 64.7 Å². The van der Waals surface area contributed by atoms with E-state index >= 15 is 0 Å². The topological polar surface area (TPSA) is 31.4 Å². The van der Waals surface area contributed by atoms with E-state index in [9.17, 15) is 0 Å². The van der Waals surface area contributed by atoms with Gasteiger partial charge in [0.25, 0.3) is 0 Å². The molecule has 0 bridgehead atoms. The Bertz CT molecular complexity index is 1090. The summed E-state index contributed by atoms with van der Waals surface area (Å²) in [6.07, 6.45) is 19.2. The van der Waals surface area contributed by atoms with Crippen molar-refractivity contribution in [1.82, 2.24) is 4.98 Å². The highest BCUT2D eigenvalue weighted by molar-refractivity contribution is 6.31. The second-order valence-corrected chi connectivity index (χ2v) is 10.3. The van der Waals surface area contributed by atoms with Crippen molar-refractivity contribution >= 4 is 34.7 Å². The second kappa shape index (κ2) is 17.1. The minimum absolute atomic E-state index is 0.725. The SMILES string of the molecule is CCCCCCCCOc1ccc(C=Cc2ccc3cc(Cl)ccc3n2)c(OCCCCCCCC)c1. The Labute approximate surface area is 229 Å². The van der Waals surface area contributed by atoms with Gasteiger partial charge in [-0.1, -0.05) is 95.7 Å². The zero-order valence-electron chi connectivity index (χ0n) is 22.8. The maximum Gasteiger partial charge on any atom is 0.130 e. The van der Waals surface area contributed by atoms with Gasteiger partial charge >= 0.3 is 0 Å². The third-order valence-electron chi connectivity index (χ3n) is 6.61. The lowest BCUT2D eigenvalue weighted by molar-refractivity contribution is 0.289. The number of nitrogens with zero attached hydrogens (tertiary/aromatic N) is 1. The molecule has 200 valence electrons. The van der Waals surface area contributed by atoms with Gasteiger partial charge in [0.2, 0.25) is 0 Å². The van der Waals surface area contributed by atoms with Gasteiger partial charge in [-0.05, 0) is 61.4 Å². The van der Waals surface area contributed by atoms with E-state index in [1.54, 1.807) is 0 Å². The molecule has 0 N–H and O–H groups in total. The molecule has 0 fully saturated rings. The molecular formula is C33H44ClNO2. The molecule has 0 atom stereocenters. The Morgan fingerprint density at radius 2 is 1.35 bits per heavy atom. The summed E-state index contributed by atoms with van der Waals surface area (Å²) in [5, 5.41) is 1.77. The Balaban J connectivity index is 1.62. The van der Waals surface area contributed by atoms with E-state index in [4.69, 9.17) is 26.1 Å². The highest BCUT2D eigenvalue weighted by Gasteiger charge is 2.06. The zero-order valence-corrected chi connectivity index (χ0v) is 23.6. The van der Waals surface area contributed by atoms with E-state index < -0.39 is 0 Å². The van der Waals surface area contributed by atoms with Gasteiger partial charge in [-0.15, -0.1) is 0 Å². The summed E-state index contributed by atoms with van der Waals surface area (Å²) in [6, 6.07) is 16.0. The van der Waals surface area contributed by atoms with Crippen molar-refractivity contribution in [3.63, 3.8) is 0 Å². The normalized spacial score (nSPS) is 11.4. The van der Waals surface area contributed by atoms with E-state index in [-0.39, 0.29) is 0 Å². The molecule has 1 aromatic heterocycles. The maximum atomic E-state index is 6.26. The summed E-state index contributed by atoms with van der Waals surface area (Å²) in [4.78, 5) is 4.76. The van der Waals surface area contributed by atoms with Crippen molar-refractivity contribution in [2.75, 3.05) is 13.2 Å². The maximum absolute atomic E-state index is 6.26. The van der Waals surface area contributed by atoms with Crippen molar-refractivity contribution in [3.8, 4) is 11.5 Å². The Kier molecular flexibility index (Phi) is 13.4. The van der Waals surface area contributed by atoms with Crippen molar-refractivity contribution in [1.29, 1.82) is 0 Å². The first kappa shape index (κ1) is 29.0. The van der Waals surface area contributed by atoms with E-state index in [2.05, 4.69) is 32.1 Å². The summed E-state index contributed by atoms with van der Waals surface area (Å²) in [6.45, 7) is 5.98. The molecule has 0 aliphatic rings. The van der Waals surface area contributed by atoms with E-state index in [0.29, 0.717) is 0 Å². The number of halogens is 1. The van der Waals surface area contributed by atoms with Gasteiger partial charge in [0.1, 0.15) is 11.5 Å². The van der Waals surface area contributed by atoms with Crippen LogP contribution in [0, 0.1) is 0 Å². The van der Waals surface area contributed by atoms with Crippen molar-refractivity contribution in [3.05, 3.63) is 64.8 Å². The minimum atomic E-state index is 0.725. The molecule has 3 nitrogen and oxygen atoms in total. The molecule has 0 saturated carbocycles. The predicted octanol–water partition coefficient (Wildman–Crippen LogP) is 10.5. The van der Waals surface area contributed by atoms with Crippen LogP contribution in [0.15, 0.2) is 48.5 Å².